The fraction of sp³-hybridized carbons (Fsp3) is 0.207. The maximum Gasteiger partial charge on any atom is 0.408 e. The highest BCUT2D eigenvalue weighted by Crippen LogP contribution is 2.21. The zero-order valence-corrected chi connectivity index (χ0v) is 22.4. The van der Waals surface area contributed by atoms with Crippen LogP contribution in [0, 0.1) is 0 Å². The Morgan fingerprint density at radius 1 is 1.00 bits per heavy atom. The van der Waals surface area contributed by atoms with Gasteiger partial charge in [0.2, 0.25) is 5.91 Å². The second-order valence-corrected chi connectivity index (χ2v) is 11.1. The number of hydrogen-bond acceptors (Lipinski definition) is 6. The van der Waals surface area contributed by atoms with Gasteiger partial charge in [-0.1, -0.05) is 54.6 Å². The summed E-state index contributed by atoms with van der Waals surface area (Å²) in [4.78, 5) is 33.5. The van der Waals surface area contributed by atoms with Gasteiger partial charge in [0.15, 0.2) is 0 Å². The zero-order chi connectivity index (χ0) is 28.0. The minimum atomic E-state index is -3.87. The number of para-hydroxylation sites is 1. The lowest BCUT2D eigenvalue weighted by Gasteiger charge is -2.19. The number of alkyl carbamates (subject to hydrolysis) is 1. The Balaban J connectivity index is 1.32. The van der Waals surface area contributed by atoms with E-state index in [1.165, 1.54) is 18.2 Å². The van der Waals surface area contributed by atoms with Gasteiger partial charge in [-0.25, -0.2) is 13.2 Å². The summed E-state index contributed by atoms with van der Waals surface area (Å²) in [6, 6.07) is 21.8. The van der Waals surface area contributed by atoms with Crippen LogP contribution in [-0.2, 0) is 32.6 Å². The van der Waals surface area contributed by atoms with E-state index in [2.05, 4.69) is 25.3 Å². The summed E-state index contributed by atoms with van der Waals surface area (Å²) in [6.07, 6.45) is 2.59. The number of H-pyrrole nitrogens is 1. The fourth-order valence-electron chi connectivity index (χ4n) is 4.44. The molecule has 0 fully saturated rings. The van der Waals surface area contributed by atoms with Crippen molar-refractivity contribution in [1.82, 2.24) is 15.0 Å². The van der Waals surface area contributed by atoms with Crippen molar-refractivity contribution >= 4 is 44.4 Å². The molecular weight excluding hydrogens is 530 g/mol. The number of amidine groups is 1. The monoisotopic (exact) mass is 559 g/mol. The predicted molar refractivity (Wildman–Crippen MR) is 152 cm³/mol. The number of nitrogens with zero attached hydrogens (tertiary/aromatic N) is 1. The van der Waals surface area contributed by atoms with Crippen molar-refractivity contribution in [3.05, 3.63) is 96.2 Å². The summed E-state index contributed by atoms with van der Waals surface area (Å²) in [6.45, 7) is 0.638. The Morgan fingerprint density at radius 2 is 1.80 bits per heavy atom. The molecule has 1 atom stereocenters. The lowest BCUT2D eigenvalue weighted by atomic mass is 10.0. The van der Waals surface area contributed by atoms with Gasteiger partial charge in [-0.2, -0.15) is 0 Å². The van der Waals surface area contributed by atoms with E-state index >= 15 is 0 Å². The van der Waals surface area contributed by atoms with Gasteiger partial charge in [0.1, 0.15) is 18.5 Å². The average molecular weight is 560 g/mol. The molecule has 40 heavy (non-hydrogen) atoms. The lowest BCUT2D eigenvalue weighted by molar-refractivity contribution is -0.118. The average Bonchev–Trinajstić information content (AvgIpc) is 3.62. The maximum absolute atomic E-state index is 13.4. The van der Waals surface area contributed by atoms with Gasteiger partial charge < -0.3 is 20.4 Å². The van der Waals surface area contributed by atoms with E-state index in [0.717, 1.165) is 28.5 Å². The molecule has 2 heterocycles. The van der Waals surface area contributed by atoms with Crippen molar-refractivity contribution < 1.29 is 22.7 Å². The highest BCUT2D eigenvalue weighted by Gasteiger charge is 2.25. The second-order valence-electron chi connectivity index (χ2n) is 9.38. The van der Waals surface area contributed by atoms with Gasteiger partial charge in [0.05, 0.1) is 4.90 Å². The molecule has 1 aromatic heterocycles. The second kappa shape index (κ2) is 12.0. The van der Waals surface area contributed by atoms with Gasteiger partial charge in [0.25, 0.3) is 10.0 Å². The van der Waals surface area contributed by atoms with Gasteiger partial charge in [0, 0.05) is 42.2 Å². The zero-order valence-electron chi connectivity index (χ0n) is 21.6. The van der Waals surface area contributed by atoms with Crippen LogP contribution in [0.3, 0.4) is 0 Å². The number of carbonyl (C=O) groups is 2. The number of ether oxygens (including phenoxy) is 1. The largest absolute Gasteiger partial charge is 0.445 e. The van der Waals surface area contributed by atoms with Crippen LogP contribution in [0.5, 0.6) is 0 Å². The summed E-state index contributed by atoms with van der Waals surface area (Å²) in [5.74, 6) is -0.101. The summed E-state index contributed by atoms with van der Waals surface area (Å²) in [7, 11) is -3.87. The number of benzene rings is 3. The molecule has 0 aliphatic carbocycles. The molecule has 0 unspecified atom stereocenters. The van der Waals surface area contributed by atoms with Crippen molar-refractivity contribution in [2.75, 3.05) is 11.9 Å². The molecule has 0 saturated carbocycles. The topological polar surface area (TPSA) is 142 Å². The Morgan fingerprint density at radius 3 is 2.60 bits per heavy atom. The molecule has 0 bridgehead atoms. The van der Waals surface area contributed by atoms with Crippen molar-refractivity contribution in [3.63, 3.8) is 0 Å². The molecule has 0 saturated heterocycles. The number of aromatic amines is 1. The Kier molecular flexibility index (Phi) is 8.11. The first kappa shape index (κ1) is 26.9. The van der Waals surface area contributed by atoms with E-state index < -0.39 is 28.1 Å². The van der Waals surface area contributed by atoms with Crippen LogP contribution in [0.1, 0.15) is 24.0 Å². The molecular formula is C29H29N5O5S. The van der Waals surface area contributed by atoms with Crippen molar-refractivity contribution in [2.24, 2.45) is 4.99 Å². The SMILES string of the molecule is O=C(N[C@@H](Cc1c[nH]c2ccccc12)C(=O)Nc1cccc(S(=O)(=O)NC2=NCCC2)c1)OCc1ccccc1. The number of hydrogen-bond donors (Lipinski definition) is 4. The molecule has 1 aliphatic rings. The van der Waals surface area contributed by atoms with Gasteiger partial charge in [-0.15, -0.1) is 0 Å². The summed E-state index contributed by atoms with van der Waals surface area (Å²) >= 11 is 0. The first-order valence-corrected chi connectivity index (χ1v) is 14.3. The van der Waals surface area contributed by atoms with Crippen molar-refractivity contribution in [2.45, 2.75) is 36.8 Å². The van der Waals surface area contributed by atoms with Crippen LogP contribution in [0.2, 0.25) is 0 Å². The lowest BCUT2D eigenvalue weighted by Crippen LogP contribution is -2.45. The van der Waals surface area contributed by atoms with Crippen molar-refractivity contribution in [3.8, 4) is 0 Å². The molecule has 2 amide bonds. The highest BCUT2D eigenvalue weighted by atomic mass is 32.2. The standard InChI is InChI=1S/C29H29N5O5S/c35-28(32-22-10-6-11-23(17-22)40(37,38)34-27-14-7-15-30-27)26(16-21-18-31-25-13-5-4-12-24(21)25)33-29(36)39-19-20-8-2-1-3-9-20/h1-6,8-13,17-18,26,31H,7,14-16,19H2,(H,30,34)(H,32,35)(H,33,36)/t26-/m0/s1. The molecule has 0 radical (unpaired) electrons. The smallest absolute Gasteiger partial charge is 0.408 e. The fourth-order valence-corrected chi connectivity index (χ4v) is 5.58. The Bertz CT molecular complexity index is 1650. The van der Waals surface area contributed by atoms with Crippen LogP contribution in [-0.4, -0.2) is 43.8 Å². The Labute approximate surface area is 231 Å². The van der Waals surface area contributed by atoms with Crippen molar-refractivity contribution in [1.29, 1.82) is 0 Å². The third kappa shape index (κ3) is 6.67. The molecule has 206 valence electrons. The van der Waals surface area contributed by atoms with Crippen LogP contribution >= 0.6 is 0 Å². The minimum Gasteiger partial charge on any atom is -0.445 e. The summed E-state index contributed by atoms with van der Waals surface area (Å²) < 4.78 is 33.6. The number of amides is 2. The van der Waals surface area contributed by atoms with E-state index in [1.807, 2.05) is 54.6 Å². The normalized spacial score (nSPS) is 13.8. The quantitative estimate of drug-likeness (QED) is 0.244. The van der Waals surface area contributed by atoms with Gasteiger partial charge >= 0.3 is 6.09 Å². The van der Waals surface area contributed by atoms with Crippen LogP contribution in [0.25, 0.3) is 10.9 Å². The van der Waals surface area contributed by atoms with Gasteiger partial charge in [-0.05, 0) is 41.8 Å². The molecule has 11 heteroatoms. The van der Waals surface area contributed by atoms with E-state index in [0.29, 0.717) is 18.8 Å². The van der Waals surface area contributed by atoms with Crippen LogP contribution in [0.4, 0.5) is 10.5 Å². The summed E-state index contributed by atoms with van der Waals surface area (Å²) in [5, 5.41) is 6.34. The Hall–Kier alpha value is -4.64. The number of sulfonamides is 1. The van der Waals surface area contributed by atoms with E-state index in [-0.39, 0.29) is 23.6 Å². The highest BCUT2D eigenvalue weighted by molar-refractivity contribution is 7.90. The number of aromatic nitrogens is 1. The first-order chi connectivity index (χ1) is 19.4. The molecule has 1 aliphatic heterocycles. The summed E-state index contributed by atoms with van der Waals surface area (Å²) in [5.41, 5.74) is 2.81. The number of carbonyl (C=O) groups excluding carboxylic acids is 2. The van der Waals surface area contributed by atoms with Crippen LogP contribution < -0.4 is 15.4 Å². The number of anilines is 1. The molecule has 5 rings (SSSR count). The number of aliphatic imine (C=N–C) groups is 1. The van der Waals surface area contributed by atoms with E-state index in [4.69, 9.17) is 4.74 Å². The third-order valence-corrected chi connectivity index (χ3v) is 7.84. The maximum atomic E-state index is 13.4. The number of nitrogens with one attached hydrogen (secondary N) is 4. The molecule has 4 N–H and O–H groups in total. The van der Waals surface area contributed by atoms with E-state index in [1.54, 1.807) is 12.3 Å². The number of fused-ring (bicyclic) bond motifs is 1. The van der Waals surface area contributed by atoms with Gasteiger partial charge in [-0.3, -0.25) is 14.5 Å². The van der Waals surface area contributed by atoms with E-state index in [9.17, 15) is 18.0 Å². The minimum absolute atomic E-state index is 0.0108. The predicted octanol–water partition coefficient (Wildman–Crippen LogP) is 4.11. The molecule has 4 aromatic rings. The third-order valence-electron chi connectivity index (χ3n) is 6.46. The molecule has 10 nitrogen and oxygen atoms in total. The molecule has 3 aromatic carbocycles. The first-order valence-electron chi connectivity index (χ1n) is 12.9. The number of rotatable bonds is 9. The molecule has 0 spiro atoms. The van der Waals surface area contributed by atoms with Crippen LogP contribution in [0.15, 0.2) is 94.9 Å².